The van der Waals surface area contributed by atoms with Gasteiger partial charge >= 0.3 is 5.92 Å². The first-order chi connectivity index (χ1) is 28.9. The molecule has 314 valence electrons. The van der Waals surface area contributed by atoms with E-state index in [2.05, 4.69) is 53.8 Å². The quantitative estimate of drug-likeness (QED) is 0.186. The molecule has 3 N–H and O–H groups in total. The van der Waals surface area contributed by atoms with Crippen molar-refractivity contribution in [3.8, 4) is 5.75 Å². The van der Waals surface area contributed by atoms with Crippen LogP contribution in [-0.4, -0.2) is 105 Å². The molecule has 3 atom stereocenters. The van der Waals surface area contributed by atoms with Gasteiger partial charge in [0.15, 0.2) is 12.4 Å². The van der Waals surface area contributed by atoms with E-state index in [0.717, 1.165) is 68.7 Å². The first-order valence-corrected chi connectivity index (χ1v) is 21.1. The number of amides is 2. The highest BCUT2D eigenvalue weighted by atomic mass is 35.5. The Kier molecular flexibility index (Phi) is 9.57. The fourth-order valence-electron chi connectivity index (χ4n) is 9.48. The predicted molar refractivity (Wildman–Crippen MR) is 225 cm³/mol. The summed E-state index contributed by atoms with van der Waals surface area (Å²) in [6, 6.07) is 11.0. The molecule has 0 bridgehead atoms. The lowest BCUT2D eigenvalue weighted by molar-refractivity contribution is -0.134. The highest BCUT2D eigenvalue weighted by molar-refractivity contribution is 6.33. The lowest BCUT2D eigenvalue weighted by atomic mass is 9.92. The Labute approximate surface area is 349 Å². The second-order valence-corrected chi connectivity index (χ2v) is 17.2. The van der Waals surface area contributed by atoms with Gasteiger partial charge in [0.25, 0.3) is 5.56 Å². The largest absolute Gasteiger partial charge is 0.480 e. The van der Waals surface area contributed by atoms with Crippen molar-refractivity contribution < 1.29 is 23.1 Å². The zero-order valence-corrected chi connectivity index (χ0v) is 34.1. The number of piperazine rings is 1. The lowest BCUT2D eigenvalue weighted by Gasteiger charge is -2.44. The molecule has 0 radical (unpaired) electrons. The van der Waals surface area contributed by atoms with Crippen LogP contribution in [0.15, 0.2) is 47.4 Å². The number of ether oxygens (including phenoxy) is 1. The van der Waals surface area contributed by atoms with E-state index in [1.165, 1.54) is 4.57 Å². The number of imide groups is 1. The number of alkyl halides is 2. The average Bonchev–Trinajstić information content (AvgIpc) is 4.05. The first-order valence-electron chi connectivity index (χ1n) is 20.7. The van der Waals surface area contributed by atoms with E-state index in [4.69, 9.17) is 26.4 Å². The minimum absolute atomic E-state index is 0.110. The molecule has 3 unspecified atom stereocenters. The van der Waals surface area contributed by atoms with Gasteiger partial charge in [-0.25, -0.2) is 13.8 Å². The molecule has 2 amide bonds. The molecule has 18 heteroatoms. The van der Waals surface area contributed by atoms with Gasteiger partial charge in [-0.3, -0.25) is 29.3 Å². The number of rotatable bonds is 7. The van der Waals surface area contributed by atoms with Crippen LogP contribution in [0.25, 0.3) is 21.8 Å². The third kappa shape index (κ3) is 6.94. The summed E-state index contributed by atoms with van der Waals surface area (Å²) in [4.78, 5) is 54.2. The lowest BCUT2D eigenvalue weighted by Crippen LogP contribution is -2.55. The first kappa shape index (κ1) is 38.6. The Hall–Kier alpha value is -5.55. The molecule has 1 aliphatic carbocycles. The van der Waals surface area contributed by atoms with Gasteiger partial charge in [-0.2, -0.15) is 10.1 Å². The Morgan fingerprint density at radius 1 is 0.933 bits per heavy atom. The molecular formula is C42H46ClF2N11O4. The summed E-state index contributed by atoms with van der Waals surface area (Å²) < 4.78 is 39.1. The van der Waals surface area contributed by atoms with Crippen LogP contribution in [0.2, 0.25) is 5.02 Å². The number of anilines is 5. The zero-order valence-electron chi connectivity index (χ0n) is 33.4. The fraction of sp³-hybridized carbons (Fsp3) is 0.476. The van der Waals surface area contributed by atoms with Crippen molar-refractivity contribution in [1.82, 2.24) is 34.5 Å². The number of benzene rings is 2. The topological polar surface area (TPSA) is 155 Å². The maximum absolute atomic E-state index is 15.2. The van der Waals surface area contributed by atoms with Crippen molar-refractivity contribution in [3.05, 3.63) is 63.7 Å². The fourth-order valence-corrected chi connectivity index (χ4v) is 9.62. The van der Waals surface area contributed by atoms with E-state index in [0.29, 0.717) is 70.8 Å². The Morgan fingerprint density at radius 3 is 2.53 bits per heavy atom. The summed E-state index contributed by atoms with van der Waals surface area (Å²) in [5.74, 6) is -3.43. The van der Waals surface area contributed by atoms with Crippen molar-refractivity contribution >= 4 is 74.0 Å². The minimum Gasteiger partial charge on any atom is -0.480 e. The van der Waals surface area contributed by atoms with Crippen LogP contribution in [0.5, 0.6) is 5.75 Å². The number of aryl methyl sites for hydroxylation is 2. The Balaban J connectivity index is 0.819. The normalized spacial score (nSPS) is 23.5. The van der Waals surface area contributed by atoms with Crippen molar-refractivity contribution in [1.29, 1.82) is 0 Å². The second-order valence-electron chi connectivity index (χ2n) is 16.8. The van der Waals surface area contributed by atoms with Crippen molar-refractivity contribution in [3.63, 3.8) is 0 Å². The molecule has 0 spiro atoms. The van der Waals surface area contributed by atoms with Gasteiger partial charge in [0.05, 0.1) is 40.6 Å². The monoisotopic (exact) mass is 841 g/mol. The van der Waals surface area contributed by atoms with Gasteiger partial charge in [0, 0.05) is 88.0 Å². The van der Waals surface area contributed by atoms with E-state index in [9.17, 15) is 14.4 Å². The molecule has 4 aliphatic heterocycles. The van der Waals surface area contributed by atoms with Gasteiger partial charge in [-0.05, 0) is 74.4 Å². The highest BCUT2D eigenvalue weighted by Crippen LogP contribution is 2.46. The molecule has 10 rings (SSSR count). The average molecular weight is 842 g/mol. The van der Waals surface area contributed by atoms with Crippen LogP contribution < -0.4 is 36.0 Å². The van der Waals surface area contributed by atoms with Crippen molar-refractivity contribution in [2.24, 2.45) is 20.0 Å². The van der Waals surface area contributed by atoms with Gasteiger partial charge in [-0.1, -0.05) is 11.6 Å². The maximum Gasteiger partial charge on any atom is 0.301 e. The van der Waals surface area contributed by atoms with E-state index in [1.54, 1.807) is 31.4 Å². The molecule has 1 saturated carbocycles. The van der Waals surface area contributed by atoms with Gasteiger partial charge < -0.3 is 29.7 Å². The zero-order chi connectivity index (χ0) is 41.4. The SMILES string of the molecule is Cn1nc(C2CCC(=O)NC2=O)c2ccc(N3CCCC(N4CCN(c5ncc(Cl)c(Nc6ccc7c(c6)c6c(c(=O)n7C)OCC(F)(F)C(C7CC7)N6)n5)CC4)C3)cc21. The number of nitrogens with zero attached hydrogens (tertiary/aromatic N) is 8. The third-order valence-corrected chi connectivity index (χ3v) is 13.2. The number of pyridine rings is 1. The van der Waals surface area contributed by atoms with Crippen molar-refractivity contribution in [2.75, 3.05) is 66.3 Å². The number of hydrogen-bond acceptors (Lipinski definition) is 12. The smallest absolute Gasteiger partial charge is 0.301 e. The molecule has 7 heterocycles. The summed E-state index contributed by atoms with van der Waals surface area (Å²) in [7, 11) is 3.50. The molecule has 3 saturated heterocycles. The van der Waals surface area contributed by atoms with Crippen LogP contribution in [0, 0.1) is 5.92 Å². The third-order valence-electron chi connectivity index (χ3n) is 12.9. The number of piperidine rings is 2. The molecule has 2 aromatic carbocycles. The highest BCUT2D eigenvalue weighted by Gasteiger charge is 2.51. The van der Waals surface area contributed by atoms with Crippen LogP contribution in [-0.2, 0) is 23.7 Å². The van der Waals surface area contributed by atoms with E-state index in [1.807, 2.05) is 11.7 Å². The molecule has 15 nitrogen and oxygen atoms in total. The molecule has 60 heavy (non-hydrogen) atoms. The second kappa shape index (κ2) is 14.9. The van der Waals surface area contributed by atoms with E-state index < -0.39 is 30.0 Å². The molecule has 5 aromatic rings. The molecular weight excluding hydrogens is 796 g/mol. The summed E-state index contributed by atoms with van der Waals surface area (Å²) in [6.45, 7) is 4.13. The standard InChI is InChI=1S/C42H46ClF2N11O4/c1-52-31-11-7-24(18-29(31)35-36(40(52)59)60-22-42(44,45)37(49-35)23-5-6-23)47-38-30(43)20-46-41(50-38)55-16-14-54(15-17-55)26-4-3-13-56(21-26)25-8-9-27-32(19-25)53(2)51-34(27)28-10-12-33(57)48-39(28)58/h7-9,11,18-20,23,26,28,37,49H,3-6,10,12-17,21-22H2,1-2H3,(H,46,47,50)(H,48,57,58). The summed E-state index contributed by atoms with van der Waals surface area (Å²) >= 11 is 6.64. The van der Waals surface area contributed by atoms with Gasteiger partial charge in [-0.15, -0.1) is 0 Å². The number of carbonyl (C=O) groups excluding carboxylic acids is 2. The maximum atomic E-state index is 15.2. The molecule has 3 aromatic heterocycles. The molecule has 5 aliphatic rings. The van der Waals surface area contributed by atoms with Gasteiger partial charge in [0.2, 0.25) is 23.5 Å². The Morgan fingerprint density at radius 2 is 1.75 bits per heavy atom. The number of hydrogen-bond donors (Lipinski definition) is 3. The minimum atomic E-state index is -3.13. The summed E-state index contributed by atoms with van der Waals surface area (Å²) in [5.41, 5.74) is 3.78. The number of fused-ring (bicyclic) bond motifs is 4. The van der Waals surface area contributed by atoms with E-state index >= 15 is 8.78 Å². The van der Waals surface area contributed by atoms with Gasteiger partial charge in [0.1, 0.15) is 5.02 Å². The number of aromatic nitrogens is 5. The predicted octanol–water partition coefficient (Wildman–Crippen LogP) is 5.14. The number of carbonyl (C=O) groups is 2. The summed E-state index contributed by atoms with van der Waals surface area (Å²) in [5, 5.41) is 15.4. The van der Waals surface area contributed by atoms with Crippen LogP contribution in [0.3, 0.4) is 0 Å². The number of halogens is 3. The van der Waals surface area contributed by atoms with Crippen molar-refractivity contribution in [2.45, 2.75) is 62.4 Å². The Bertz CT molecular complexity index is 2610. The van der Waals surface area contributed by atoms with Crippen LogP contribution >= 0.6 is 11.6 Å². The molecule has 4 fully saturated rings. The number of nitrogens with one attached hydrogen (secondary N) is 3. The van der Waals surface area contributed by atoms with Crippen LogP contribution in [0.4, 0.5) is 37.6 Å². The van der Waals surface area contributed by atoms with Crippen LogP contribution in [0.1, 0.15) is 50.1 Å². The van der Waals surface area contributed by atoms with E-state index in [-0.39, 0.29) is 29.2 Å². The summed E-state index contributed by atoms with van der Waals surface area (Å²) in [6.07, 6.45) is 5.92.